The van der Waals surface area contributed by atoms with Crippen LogP contribution in [0.1, 0.15) is 337 Å². The molecule has 358 valence electrons. The second-order valence-corrected chi connectivity index (χ2v) is 20.8. The lowest BCUT2D eigenvalue weighted by Gasteiger charge is -2.20. The van der Waals surface area contributed by atoms with Crippen LogP contribution in [0.4, 0.5) is 0 Å². The van der Waals surface area contributed by atoms with Crippen molar-refractivity contribution in [3.63, 3.8) is 0 Å². The molecule has 0 radical (unpaired) electrons. The van der Waals surface area contributed by atoms with Gasteiger partial charge in [0.2, 0.25) is 0 Å². The fourth-order valence-corrected chi connectivity index (χ4v) is 8.73. The van der Waals surface area contributed by atoms with Gasteiger partial charge in [0.05, 0.1) is 0 Å². The van der Waals surface area contributed by atoms with Gasteiger partial charge in [-0.15, -0.1) is 0 Å². The molecule has 0 aromatic carbocycles. The maximum absolute atomic E-state index is 2.40. The summed E-state index contributed by atoms with van der Waals surface area (Å²) in [6, 6.07) is 0. The fraction of sp³-hybridized carbons (Fsp3) is 1.00. The van der Waals surface area contributed by atoms with E-state index in [-0.39, 0.29) is 14.9 Å². The van der Waals surface area contributed by atoms with Crippen molar-refractivity contribution in [2.75, 3.05) is 0 Å². The predicted molar refractivity (Wildman–Crippen MR) is 278 cm³/mol. The van der Waals surface area contributed by atoms with Gasteiger partial charge >= 0.3 is 0 Å². The van der Waals surface area contributed by atoms with Crippen molar-refractivity contribution < 1.29 is 0 Å². The van der Waals surface area contributed by atoms with E-state index in [1.807, 2.05) is 27.7 Å². The topological polar surface area (TPSA) is 0 Å². The number of hydrogen-bond acceptors (Lipinski definition) is 0. The van der Waals surface area contributed by atoms with Gasteiger partial charge in [-0.05, 0) is 47.3 Å². The third-order valence-electron chi connectivity index (χ3n) is 13.3. The molecule has 0 nitrogen and oxygen atoms in total. The van der Waals surface area contributed by atoms with Crippen molar-refractivity contribution >= 4 is 0 Å². The van der Waals surface area contributed by atoms with Crippen LogP contribution in [0.2, 0.25) is 0 Å². The Balaban J connectivity index is -0.000000190. The molecule has 2 unspecified atom stereocenters. The molecule has 0 heteroatoms. The van der Waals surface area contributed by atoms with Crippen molar-refractivity contribution in [3.05, 3.63) is 0 Å². The zero-order valence-electron chi connectivity index (χ0n) is 42.7. The van der Waals surface area contributed by atoms with Gasteiger partial charge in [0.1, 0.15) is 0 Å². The smallest absolute Gasteiger partial charge is 0.0385 e. The number of rotatable bonds is 0. The molecule has 0 N–H and O–H groups in total. The van der Waals surface area contributed by atoms with Gasteiger partial charge < -0.3 is 0 Å². The van der Waals surface area contributed by atoms with Gasteiger partial charge in [0.25, 0.3) is 0 Å². The Morgan fingerprint density at radius 1 is 0.276 bits per heavy atom. The monoisotopic (exact) mass is 823 g/mol. The lowest BCUT2D eigenvalue weighted by molar-refractivity contribution is 0.329. The lowest BCUT2D eigenvalue weighted by Crippen LogP contribution is -2.06. The Morgan fingerprint density at radius 3 is 0.552 bits per heavy atom. The summed E-state index contributed by atoms with van der Waals surface area (Å²) >= 11 is 0. The van der Waals surface area contributed by atoms with Gasteiger partial charge in [-0.2, -0.15) is 0 Å². The van der Waals surface area contributed by atoms with E-state index in [0.717, 1.165) is 35.5 Å². The zero-order chi connectivity index (χ0) is 42.7. The van der Waals surface area contributed by atoms with Gasteiger partial charge in [-0.3, -0.25) is 0 Å². The normalized spacial score (nSPS) is 23.3. The standard InChI is InChI=1S/C10H20.4C9H18.C6H14.2C2H6.2CH4/c1-9-6-4-3-5-7-10(2)8-9;4*1-9-7-5-3-2-4-6-8-9;1-5-6(2,3)4;2*1-2;;/h9-10H,3-8H2,1-2H3;4*9H,2-8H2,1H3;5H2,1-4H3;2*1-2H3;2*1H4. The average Bonchev–Trinajstić information content (AvgIpc) is 3.13. The van der Waals surface area contributed by atoms with Gasteiger partial charge in [0, 0.05) is 0 Å². The molecule has 58 heavy (non-hydrogen) atoms. The molecule has 5 rings (SSSR count). The highest BCUT2D eigenvalue weighted by atomic mass is 14.2. The summed E-state index contributed by atoms with van der Waals surface area (Å²) in [6.07, 6.45) is 51.8. The largest absolute Gasteiger partial charge is 0.0776 e. The van der Waals surface area contributed by atoms with Crippen LogP contribution < -0.4 is 0 Å². The highest BCUT2D eigenvalue weighted by molar-refractivity contribution is 4.64. The summed E-state index contributed by atoms with van der Waals surface area (Å²) in [7, 11) is 0. The van der Waals surface area contributed by atoms with E-state index in [9.17, 15) is 0 Å². The molecular formula is C58H126. The third-order valence-corrected chi connectivity index (χ3v) is 13.3. The first kappa shape index (κ1) is 67.1. The summed E-state index contributed by atoms with van der Waals surface area (Å²) in [6.45, 7) is 31.3. The second-order valence-electron chi connectivity index (χ2n) is 20.8. The van der Waals surface area contributed by atoms with Crippen LogP contribution in [0.15, 0.2) is 0 Å². The van der Waals surface area contributed by atoms with Gasteiger partial charge in [-0.25, -0.2) is 0 Å². The van der Waals surface area contributed by atoms with Crippen LogP contribution in [0.5, 0.6) is 0 Å². The van der Waals surface area contributed by atoms with E-state index in [0.29, 0.717) is 5.41 Å². The number of hydrogen-bond donors (Lipinski definition) is 0. The van der Waals surface area contributed by atoms with Crippen LogP contribution >= 0.6 is 0 Å². The SMILES string of the molecule is C.C.CC.CC.CC1CCCCCC(C)C1.CC1CCCCCCC1.CC1CCCCCCC1.CC1CCCCCCC1.CC1CCCCCCC1.CCC(C)(C)C. The Morgan fingerprint density at radius 2 is 0.397 bits per heavy atom. The minimum Gasteiger partial charge on any atom is -0.0776 e. The Hall–Kier alpha value is 0. The molecule has 0 aromatic rings. The van der Waals surface area contributed by atoms with Crippen molar-refractivity contribution in [2.24, 2.45) is 40.9 Å². The summed E-state index contributed by atoms with van der Waals surface area (Å²) in [4.78, 5) is 0. The molecule has 5 aliphatic rings. The molecule has 2 atom stereocenters. The molecule has 0 spiro atoms. The molecular weight excluding hydrogens is 697 g/mol. The molecule has 0 amide bonds. The van der Waals surface area contributed by atoms with Crippen molar-refractivity contribution in [1.29, 1.82) is 0 Å². The average molecular weight is 824 g/mol. The molecule has 0 aromatic heterocycles. The van der Waals surface area contributed by atoms with Crippen LogP contribution in [0.3, 0.4) is 0 Å². The molecule has 0 heterocycles. The lowest BCUT2D eigenvalue weighted by atomic mass is 9.86. The maximum atomic E-state index is 2.40. The first-order chi connectivity index (χ1) is 26.9. The molecule has 0 aliphatic heterocycles. The predicted octanol–water partition coefficient (Wildman–Crippen LogP) is 22.8. The molecule has 0 saturated heterocycles. The molecule has 5 aliphatic carbocycles. The van der Waals surface area contributed by atoms with Crippen molar-refractivity contribution in [2.45, 2.75) is 337 Å². The van der Waals surface area contributed by atoms with Crippen LogP contribution in [0.25, 0.3) is 0 Å². The summed E-state index contributed by atoms with van der Waals surface area (Å²) < 4.78 is 0. The van der Waals surface area contributed by atoms with Crippen LogP contribution in [-0.2, 0) is 0 Å². The molecule has 0 bridgehead atoms. The molecule has 5 saturated carbocycles. The second kappa shape index (κ2) is 51.4. The first-order valence-electron chi connectivity index (χ1n) is 26.9. The third kappa shape index (κ3) is 56.0. The zero-order valence-corrected chi connectivity index (χ0v) is 42.7. The fourth-order valence-electron chi connectivity index (χ4n) is 8.73. The minimum absolute atomic E-state index is 0. The van der Waals surface area contributed by atoms with Gasteiger partial charge in [0.15, 0.2) is 0 Å². The van der Waals surface area contributed by atoms with Crippen LogP contribution in [-0.4, -0.2) is 0 Å². The summed E-state index contributed by atoms with van der Waals surface area (Å²) in [5.74, 6) is 6.07. The van der Waals surface area contributed by atoms with E-state index < -0.39 is 0 Å². The highest BCUT2D eigenvalue weighted by Crippen LogP contribution is 2.26. The Labute approximate surface area is 376 Å². The Kier molecular flexibility index (Phi) is 59.4. The van der Waals surface area contributed by atoms with Crippen LogP contribution in [0, 0.1) is 40.9 Å². The molecule has 5 fully saturated rings. The van der Waals surface area contributed by atoms with E-state index in [1.165, 1.54) is 225 Å². The summed E-state index contributed by atoms with van der Waals surface area (Å²) in [5.41, 5.74) is 0.542. The van der Waals surface area contributed by atoms with E-state index in [1.54, 1.807) is 0 Å². The van der Waals surface area contributed by atoms with Gasteiger partial charge in [-0.1, -0.05) is 330 Å². The quantitative estimate of drug-likeness (QED) is 0.228. The Bertz CT molecular complexity index is 563. The minimum atomic E-state index is 0. The highest BCUT2D eigenvalue weighted by Gasteiger charge is 2.11. The van der Waals surface area contributed by atoms with E-state index in [4.69, 9.17) is 0 Å². The van der Waals surface area contributed by atoms with Crippen molar-refractivity contribution in [1.82, 2.24) is 0 Å². The first-order valence-corrected chi connectivity index (χ1v) is 26.9. The van der Waals surface area contributed by atoms with Crippen molar-refractivity contribution in [3.8, 4) is 0 Å². The summed E-state index contributed by atoms with van der Waals surface area (Å²) in [5, 5.41) is 0. The van der Waals surface area contributed by atoms with E-state index in [2.05, 4.69) is 69.2 Å². The van der Waals surface area contributed by atoms with E-state index >= 15 is 0 Å². The maximum Gasteiger partial charge on any atom is -0.0385 e.